The monoisotopic (exact) mass is 287 g/mol. The van der Waals surface area contributed by atoms with E-state index in [1.54, 1.807) is 11.3 Å². The van der Waals surface area contributed by atoms with Crippen LogP contribution in [0.25, 0.3) is 10.4 Å². The highest BCUT2D eigenvalue weighted by molar-refractivity contribution is 7.14. The average molecular weight is 287 g/mol. The van der Waals surface area contributed by atoms with Crippen LogP contribution in [0.3, 0.4) is 0 Å². The third-order valence-electron chi connectivity index (χ3n) is 4.11. The van der Waals surface area contributed by atoms with Crippen molar-refractivity contribution in [1.82, 2.24) is 4.98 Å². The largest absolute Gasteiger partial charge is 0.516 e. The molecule has 104 valence electrons. The number of hydrogen-bond acceptors (Lipinski definition) is 4. The highest BCUT2D eigenvalue weighted by Crippen LogP contribution is 2.37. The molecule has 20 heavy (non-hydrogen) atoms. The first-order chi connectivity index (χ1) is 9.41. The minimum absolute atomic E-state index is 0.338. The molecule has 0 bridgehead atoms. The molecule has 0 saturated carbocycles. The number of benzene rings is 1. The van der Waals surface area contributed by atoms with Gasteiger partial charge in [0.1, 0.15) is 0 Å². The van der Waals surface area contributed by atoms with Gasteiger partial charge in [0.05, 0.1) is 27.2 Å². The van der Waals surface area contributed by atoms with E-state index in [2.05, 4.69) is 44.8 Å². The second-order valence-corrected chi connectivity index (χ2v) is 6.88. The van der Waals surface area contributed by atoms with Crippen LogP contribution in [0, 0.1) is 0 Å². The van der Waals surface area contributed by atoms with Gasteiger partial charge in [-0.2, -0.15) is 0 Å². The van der Waals surface area contributed by atoms with Gasteiger partial charge in [0, 0.05) is 0 Å². The molecule has 1 aromatic heterocycles. The third kappa shape index (κ3) is 2.20. The number of thiazole rings is 1. The summed E-state index contributed by atoms with van der Waals surface area (Å²) < 4.78 is 12.2. The summed E-state index contributed by atoms with van der Waals surface area (Å²) in [6.45, 7) is 8.23. The Labute approximate surface area is 124 Å². The van der Waals surface area contributed by atoms with Crippen LogP contribution in [-0.2, 0) is 9.31 Å². The Kier molecular flexibility index (Phi) is 3.24. The van der Waals surface area contributed by atoms with Gasteiger partial charge in [-0.05, 0) is 33.3 Å². The lowest BCUT2D eigenvalue weighted by Crippen LogP contribution is -2.41. The van der Waals surface area contributed by atoms with E-state index in [-0.39, 0.29) is 11.2 Å². The summed E-state index contributed by atoms with van der Waals surface area (Å²) >= 11 is 1.62. The maximum atomic E-state index is 6.09. The summed E-state index contributed by atoms with van der Waals surface area (Å²) in [5, 5.41) is 0. The van der Waals surface area contributed by atoms with E-state index in [1.807, 2.05) is 23.7 Å². The van der Waals surface area contributed by atoms with Crippen molar-refractivity contribution in [2.24, 2.45) is 0 Å². The number of nitrogens with zero attached hydrogens (tertiary/aromatic N) is 1. The number of hydrogen-bond donors (Lipinski definition) is 0. The summed E-state index contributed by atoms with van der Waals surface area (Å²) in [6, 6.07) is 10.2. The topological polar surface area (TPSA) is 31.4 Å². The van der Waals surface area contributed by atoms with Gasteiger partial charge in [-0.3, -0.25) is 4.98 Å². The third-order valence-corrected chi connectivity index (χ3v) is 5.00. The van der Waals surface area contributed by atoms with Gasteiger partial charge in [0.2, 0.25) is 0 Å². The van der Waals surface area contributed by atoms with Gasteiger partial charge in [0.15, 0.2) is 0 Å². The zero-order valence-corrected chi connectivity index (χ0v) is 13.0. The van der Waals surface area contributed by atoms with E-state index in [0.717, 1.165) is 16.0 Å². The molecule has 0 radical (unpaired) electrons. The Balaban J connectivity index is 1.96. The van der Waals surface area contributed by atoms with Gasteiger partial charge >= 0.3 is 7.12 Å². The van der Waals surface area contributed by atoms with Gasteiger partial charge in [0.25, 0.3) is 0 Å². The SMILES string of the molecule is CC1(C)OB(c2ncsc2-c2ccccc2)OC1(C)C. The van der Waals surface area contributed by atoms with Crippen molar-refractivity contribution in [3.8, 4) is 10.4 Å². The fraction of sp³-hybridized carbons (Fsp3) is 0.400. The molecule has 0 aliphatic carbocycles. The van der Waals surface area contributed by atoms with Crippen molar-refractivity contribution >= 4 is 24.0 Å². The predicted molar refractivity (Wildman–Crippen MR) is 83.3 cm³/mol. The van der Waals surface area contributed by atoms with Crippen LogP contribution in [0.4, 0.5) is 0 Å². The lowest BCUT2D eigenvalue weighted by Gasteiger charge is -2.32. The molecule has 0 atom stereocenters. The van der Waals surface area contributed by atoms with E-state index in [9.17, 15) is 0 Å². The Morgan fingerprint density at radius 3 is 2.20 bits per heavy atom. The molecule has 2 heterocycles. The lowest BCUT2D eigenvalue weighted by molar-refractivity contribution is 0.00578. The average Bonchev–Trinajstić information content (AvgIpc) is 2.94. The molecule has 2 aromatic rings. The fourth-order valence-electron chi connectivity index (χ4n) is 2.18. The first-order valence-electron chi connectivity index (χ1n) is 6.75. The van der Waals surface area contributed by atoms with Gasteiger partial charge < -0.3 is 9.31 Å². The predicted octanol–water partition coefficient (Wildman–Crippen LogP) is 3.11. The maximum Gasteiger partial charge on any atom is 0.516 e. The molecule has 0 amide bonds. The minimum atomic E-state index is -0.401. The van der Waals surface area contributed by atoms with Crippen LogP contribution in [0.15, 0.2) is 35.8 Å². The molecule has 1 aromatic carbocycles. The van der Waals surface area contributed by atoms with Crippen molar-refractivity contribution in [2.75, 3.05) is 0 Å². The molecule has 3 rings (SSSR count). The van der Waals surface area contributed by atoms with Crippen LogP contribution >= 0.6 is 11.3 Å². The molecular formula is C15H18BNO2S. The molecule has 0 N–H and O–H groups in total. The Hall–Kier alpha value is -1.17. The summed E-state index contributed by atoms with van der Waals surface area (Å²) in [7, 11) is -0.401. The molecular weight excluding hydrogens is 269 g/mol. The zero-order valence-electron chi connectivity index (χ0n) is 12.2. The summed E-state index contributed by atoms with van der Waals surface area (Å²) in [4.78, 5) is 5.59. The van der Waals surface area contributed by atoms with Crippen LogP contribution in [0.5, 0.6) is 0 Å². The highest BCUT2D eigenvalue weighted by Gasteiger charge is 2.53. The van der Waals surface area contributed by atoms with Crippen molar-refractivity contribution in [2.45, 2.75) is 38.9 Å². The molecule has 1 saturated heterocycles. The van der Waals surface area contributed by atoms with Gasteiger partial charge in [-0.1, -0.05) is 30.3 Å². The van der Waals surface area contributed by atoms with Crippen molar-refractivity contribution < 1.29 is 9.31 Å². The smallest absolute Gasteiger partial charge is 0.398 e. The van der Waals surface area contributed by atoms with Gasteiger partial charge in [-0.15, -0.1) is 11.3 Å². The van der Waals surface area contributed by atoms with E-state index in [1.165, 1.54) is 0 Å². The Bertz CT molecular complexity index is 593. The quantitative estimate of drug-likeness (QED) is 0.795. The molecule has 1 fully saturated rings. The Morgan fingerprint density at radius 2 is 1.60 bits per heavy atom. The molecule has 3 nitrogen and oxygen atoms in total. The highest BCUT2D eigenvalue weighted by atomic mass is 32.1. The van der Waals surface area contributed by atoms with Crippen molar-refractivity contribution in [1.29, 1.82) is 0 Å². The summed E-state index contributed by atoms with van der Waals surface area (Å²) in [5.41, 5.74) is 3.20. The standard InChI is InChI=1S/C15H18BNO2S/c1-14(2)15(3,4)19-16(18-14)13-12(20-10-17-13)11-8-6-5-7-9-11/h5-10H,1-4H3. The summed E-state index contributed by atoms with van der Waals surface area (Å²) in [5.74, 6) is 0. The second kappa shape index (κ2) is 4.69. The lowest BCUT2D eigenvalue weighted by atomic mass is 9.82. The number of rotatable bonds is 2. The van der Waals surface area contributed by atoms with E-state index < -0.39 is 7.12 Å². The first kappa shape index (κ1) is 13.8. The second-order valence-electron chi connectivity index (χ2n) is 6.02. The summed E-state index contributed by atoms with van der Waals surface area (Å²) in [6.07, 6.45) is 0. The van der Waals surface area contributed by atoms with E-state index in [4.69, 9.17) is 9.31 Å². The van der Waals surface area contributed by atoms with Crippen molar-refractivity contribution in [3.63, 3.8) is 0 Å². The van der Waals surface area contributed by atoms with Crippen molar-refractivity contribution in [3.05, 3.63) is 35.8 Å². The van der Waals surface area contributed by atoms with E-state index >= 15 is 0 Å². The van der Waals surface area contributed by atoms with Crippen LogP contribution in [0.2, 0.25) is 0 Å². The van der Waals surface area contributed by atoms with Crippen LogP contribution < -0.4 is 5.59 Å². The van der Waals surface area contributed by atoms with Crippen LogP contribution in [0.1, 0.15) is 27.7 Å². The zero-order chi connectivity index (χ0) is 14.4. The minimum Gasteiger partial charge on any atom is -0.398 e. The Morgan fingerprint density at radius 1 is 1.00 bits per heavy atom. The molecule has 5 heteroatoms. The molecule has 1 aliphatic heterocycles. The van der Waals surface area contributed by atoms with E-state index in [0.29, 0.717) is 0 Å². The number of aromatic nitrogens is 1. The van der Waals surface area contributed by atoms with Gasteiger partial charge in [-0.25, -0.2) is 0 Å². The molecule has 0 unspecified atom stereocenters. The fourth-order valence-corrected chi connectivity index (χ4v) is 3.00. The van der Waals surface area contributed by atoms with Crippen LogP contribution in [-0.4, -0.2) is 23.3 Å². The maximum absolute atomic E-state index is 6.09. The molecule has 1 aliphatic rings. The first-order valence-corrected chi connectivity index (χ1v) is 7.63. The normalized spacial score (nSPS) is 20.3. The molecule has 0 spiro atoms.